The SMILES string of the molecule is CC(C)N(CC(N)=NO)Cc1ccc(Br)s1. The maximum Gasteiger partial charge on any atom is 0.153 e. The largest absolute Gasteiger partial charge is 0.409 e. The first kappa shape index (κ1) is 13.5. The van der Waals surface area contributed by atoms with E-state index in [2.05, 4.69) is 45.9 Å². The molecule has 0 bridgehead atoms. The fourth-order valence-electron chi connectivity index (χ4n) is 1.30. The minimum Gasteiger partial charge on any atom is -0.409 e. The lowest BCUT2D eigenvalue weighted by molar-refractivity contribution is 0.240. The number of hydrogen-bond donors (Lipinski definition) is 2. The number of hydrogen-bond acceptors (Lipinski definition) is 4. The number of thiophene rings is 1. The van der Waals surface area contributed by atoms with E-state index in [0.717, 1.165) is 10.3 Å². The van der Waals surface area contributed by atoms with Crippen LogP contribution in [0.2, 0.25) is 0 Å². The maximum absolute atomic E-state index is 8.57. The van der Waals surface area contributed by atoms with Gasteiger partial charge in [-0.2, -0.15) is 0 Å². The second-order valence-electron chi connectivity index (χ2n) is 3.80. The molecule has 6 heteroatoms. The predicted octanol–water partition coefficient (Wildman–Crippen LogP) is 2.47. The van der Waals surface area contributed by atoms with Crippen molar-refractivity contribution in [2.24, 2.45) is 10.9 Å². The quantitative estimate of drug-likeness (QED) is 0.380. The molecule has 0 spiro atoms. The molecule has 1 aromatic heterocycles. The first-order valence-corrected chi connectivity index (χ1v) is 6.58. The Morgan fingerprint density at radius 1 is 1.62 bits per heavy atom. The highest BCUT2D eigenvalue weighted by Gasteiger charge is 2.13. The Hall–Kier alpha value is -0.590. The van der Waals surface area contributed by atoms with E-state index in [9.17, 15) is 0 Å². The van der Waals surface area contributed by atoms with Crippen LogP contribution in [0.1, 0.15) is 18.7 Å². The Balaban J connectivity index is 2.65. The minimum absolute atomic E-state index is 0.240. The van der Waals surface area contributed by atoms with E-state index in [4.69, 9.17) is 10.9 Å². The third-order valence-electron chi connectivity index (χ3n) is 2.21. The van der Waals surface area contributed by atoms with Crippen molar-refractivity contribution in [2.75, 3.05) is 6.54 Å². The molecule has 0 unspecified atom stereocenters. The van der Waals surface area contributed by atoms with Gasteiger partial charge in [-0.15, -0.1) is 11.3 Å². The lowest BCUT2D eigenvalue weighted by atomic mass is 10.3. The summed E-state index contributed by atoms with van der Waals surface area (Å²) in [6.45, 7) is 5.47. The molecule has 1 rings (SSSR count). The monoisotopic (exact) mass is 305 g/mol. The molecule has 1 aromatic rings. The van der Waals surface area contributed by atoms with Gasteiger partial charge in [-0.3, -0.25) is 4.90 Å². The third-order valence-corrected chi connectivity index (χ3v) is 3.82. The van der Waals surface area contributed by atoms with Crippen molar-refractivity contribution in [1.29, 1.82) is 0 Å². The van der Waals surface area contributed by atoms with Gasteiger partial charge < -0.3 is 10.9 Å². The summed E-state index contributed by atoms with van der Waals surface area (Å²) in [5.74, 6) is 0.240. The fraction of sp³-hybridized carbons (Fsp3) is 0.500. The van der Waals surface area contributed by atoms with E-state index in [1.54, 1.807) is 11.3 Å². The molecule has 0 aliphatic carbocycles. The summed E-state index contributed by atoms with van der Waals surface area (Å²) in [7, 11) is 0. The second-order valence-corrected chi connectivity index (χ2v) is 6.34. The average Bonchev–Trinajstić information content (AvgIpc) is 2.62. The summed E-state index contributed by atoms with van der Waals surface area (Å²) in [6, 6.07) is 4.46. The molecule has 0 saturated heterocycles. The van der Waals surface area contributed by atoms with Gasteiger partial charge in [0.1, 0.15) is 0 Å². The molecule has 0 aliphatic rings. The van der Waals surface area contributed by atoms with Gasteiger partial charge in [0.25, 0.3) is 0 Å². The maximum atomic E-state index is 8.57. The zero-order chi connectivity index (χ0) is 12.1. The van der Waals surface area contributed by atoms with E-state index in [-0.39, 0.29) is 5.84 Å². The van der Waals surface area contributed by atoms with Crippen molar-refractivity contribution in [3.63, 3.8) is 0 Å². The zero-order valence-electron chi connectivity index (χ0n) is 9.35. The molecule has 0 aliphatic heterocycles. The van der Waals surface area contributed by atoms with Gasteiger partial charge in [0, 0.05) is 17.5 Å². The Morgan fingerprint density at radius 2 is 2.31 bits per heavy atom. The van der Waals surface area contributed by atoms with Crippen LogP contribution in [0, 0.1) is 0 Å². The highest BCUT2D eigenvalue weighted by Crippen LogP contribution is 2.23. The molecule has 0 atom stereocenters. The van der Waals surface area contributed by atoms with Gasteiger partial charge in [-0.25, -0.2) is 0 Å². The van der Waals surface area contributed by atoms with E-state index < -0.39 is 0 Å². The normalized spacial score (nSPS) is 12.7. The Morgan fingerprint density at radius 3 is 2.75 bits per heavy atom. The minimum atomic E-state index is 0.240. The Labute approximate surface area is 108 Å². The molecule has 0 saturated carbocycles. The smallest absolute Gasteiger partial charge is 0.153 e. The molecule has 0 aromatic carbocycles. The number of nitrogens with two attached hydrogens (primary N) is 1. The highest BCUT2D eigenvalue weighted by atomic mass is 79.9. The number of rotatable bonds is 5. The van der Waals surface area contributed by atoms with Crippen molar-refractivity contribution >= 4 is 33.1 Å². The molecule has 16 heavy (non-hydrogen) atoms. The number of amidine groups is 1. The van der Waals surface area contributed by atoms with E-state index in [0.29, 0.717) is 12.6 Å². The van der Waals surface area contributed by atoms with Gasteiger partial charge in [-0.05, 0) is 41.9 Å². The molecular formula is C10H16BrN3OS. The topological polar surface area (TPSA) is 61.8 Å². The van der Waals surface area contributed by atoms with Gasteiger partial charge in [0.05, 0.1) is 10.3 Å². The van der Waals surface area contributed by atoms with Crippen molar-refractivity contribution in [1.82, 2.24) is 4.90 Å². The lowest BCUT2D eigenvalue weighted by Crippen LogP contribution is -2.37. The number of halogens is 1. The van der Waals surface area contributed by atoms with Crippen LogP contribution in [0.25, 0.3) is 0 Å². The molecule has 3 N–H and O–H groups in total. The Bertz CT molecular complexity index is 365. The van der Waals surface area contributed by atoms with E-state index in [1.165, 1.54) is 4.88 Å². The van der Waals surface area contributed by atoms with E-state index in [1.807, 2.05) is 6.07 Å². The van der Waals surface area contributed by atoms with Crippen LogP contribution in [0.5, 0.6) is 0 Å². The molecule has 0 fully saturated rings. The summed E-state index contributed by atoms with van der Waals surface area (Å²) in [6.07, 6.45) is 0. The van der Waals surface area contributed by atoms with Crippen molar-refractivity contribution in [3.05, 3.63) is 20.8 Å². The van der Waals surface area contributed by atoms with Crippen LogP contribution in [0.3, 0.4) is 0 Å². The summed E-state index contributed by atoms with van der Waals surface area (Å²) >= 11 is 5.14. The molecule has 1 heterocycles. The van der Waals surface area contributed by atoms with Gasteiger partial charge in [0.2, 0.25) is 0 Å². The molecular weight excluding hydrogens is 290 g/mol. The molecule has 0 radical (unpaired) electrons. The van der Waals surface area contributed by atoms with Gasteiger partial charge in [0.15, 0.2) is 5.84 Å². The van der Waals surface area contributed by atoms with Crippen molar-refractivity contribution in [2.45, 2.75) is 26.4 Å². The molecule has 4 nitrogen and oxygen atoms in total. The Kier molecular flexibility index (Phi) is 5.24. The summed E-state index contributed by atoms with van der Waals surface area (Å²) < 4.78 is 1.12. The standard InChI is InChI=1S/C10H16BrN3OS/c1-7(2)14(6-10(12)13-15)5-8-3-4-9(11)16-8/h3-4,7,15H,5-6H2,1-2H3,(H2,12,13). The lowest BCUT2D eigenvalue weighted by Gasteiger charge is -2.24. The molecule has 0 amide bonds. The van der Waals surface area contributed by atoms with Crippen LogP contribution in [0.15, 0.2) is 21.1 Å². The van der Waals surface area contributed by atoms with Crippen molar-refractivity contribution < 1.29 is 5.21 Å². The van der Waals surface area contributed by atoms with E-state index >= 15 is 0 Å². The first-order valence-electron chi connectivity index (χ1n) is 4.97. The third kappa shape index (κ3) is 4.11. The number of oxime groups is 1. The van der Waals surface area contributed by atoms with Crippen LogP contribution in [-0.4, -0.2) is 28.5 Å². The van der Waals surface area contributed by atoms with Crippen LogP contribution < -0.4 is 5.73 Å². The van der Waals surface area contributed by atoms with Crippen molar-refractivity contribution in [3.8, 4) is 0 Å². The second kappa shape index (κ2) is 6.22. The van der Waals surface area contributed by atoms with Crippen LogP contribution in [-0.2, 0) is 6.54 Å². The summed E-state index contributed by atoms with van der Waals surface area (Å²) in [4.78, 5) is 3.40. The first-order chi connectivity index (χ1) is 7.52. The van der Waals surface area contributed by atoms with Gasteiger partial charge in [-0.1, -0.05) is 5.16 Å². The summed E-state index contributed by atoms with van der Waals surface area (Å²) in [5.41, 5.74) is 5.52. The van der Waals surface area contributed by atoms with Gasteiger partial charge >= 0.3 is 0 Å². The summed E-state index contributed by atoms with van der Waals surface area (Å²) in [5, 5.41) is 11.6. The average molecular weight is 306 g/mol. The number of nitrogens with zero attached hydrogens (tertiary/aromatic N) is 2. The van der Waals surface area contributed by atoms with Crippen LogP contribution >= 0.6 is 27.3 Å². The highest BCUT2D eigenvalue weighted by molar-refractivity contribution is 9.11. The van der Waals surface area contributed by atoms with Crippen LogP contribution in [0.4, 0.5) is 0 Å². The zero-order valence-corrected chi connectivity index (χ0v) is 11.8. The predicted molar refractivity (Wildman–Crippen MR) is 71.0 cm³/mol. The fourth-order valence-corrected chi connectivity index (χ4v) is 2.81. The molecule has 90 valence electrons.